The average molecular weight is 310 g/mol. The van der Waals surface area contributed by atoms with Crippen molar-refractivity contribution in [3.8, 4) is 0 Å². The summed E-state index contributed by atoms with van der Waals surface area (Å²) in [5, 5.41) is 0. The Hall–Kier alpha value is -1.33. The molecule has 0 aliphatic carbocycles. The smallest absolute Gasteiger partial charge is 0.196 e. The topological polar surface area (TPSA) is 35.5 Å². The van der Waals surface area contributed by atoms with E-state index in [0.717, 1.165) is 12.5 Å². The molecule has 0 unspecified atom stereocenters. The molecule has 3 rings (SSSR count). The van der Waals surface area contributed by atoms with Gasteiger partial charge in [-0.25, -0.2) is 8.78 Å². The molecule has 1 aromatic carbocycles. The zero-order valence-electron chi connectivity index (χ0n) is 13.0. The van der Waals surface area contributed by atoms with E-state index in [1.54, 1.807) is 0 Å². The summed E-state index contributed by atoms with van der Waals surface area (Å²) in [6, 6.07) is 3.33. The van der Waals surface area contributed by atoms with Gasteiger partial charge in [0.25, 0.3) is 0 Å². The van der Waals surface area contributed by atoms with Crippen molar-refractivity contribution >= 4 is 5.78 Å². The SMILES string of the molecule is CC(C)[C@]12CC[C@](C)(O1)[C@H](OCc1ccc(F)cc1F)C2=O. The number of ketones is 1. The molecule has 2 heterocycles. The molecule has 120 valence electrons. The minimum absolute atomic E-state index is 0.0567. The fourth-order valence-corrected chi connectivity index (χ4v) is 3.56. The Morgan fingerprint density at radius 3 is 2.68 bits per heavy atom. The predicted octanol–water partition coefficient (Wildman–Crippen LogP) is 3.40. The summed E-state index contributed by atoms with van der Waals surface area (Å²) in [6.45, 7) is 5.72. The average Bonchev–Trinajstić information content (AvgIpc) is 2.90. The third-order valence-corrected chi connectivity index (χ3v) is 4.97. The maximum absolute atomic E-state index is 13.7. The van der Waals surface area contributed by atoms with E-state index in [-0.39, 0.29) is 23.9 Å². The van der Waals surface area contributed by atoms with E-state index in [1.165, 1.54) is 12.1 Å². The lowest BCUT2D eigenvalue weighted by Gasteiger charge is -2.30. The fourth-order valence-electron chi connectivity index (χ4n) is 3.56. The number of benzene rings is 1. The third-order valence-electron chi connectivity index (χ3n) is 4.97. The number of ether oxygens (including phenoxy) is 2. The molecule has 0 aromatic heterocycles. The van der Waals surface area contributed by atoms with Crippen LogP contribution in [0.25, 0.3) is 0 Å². The van der Waals surface area contributed by atoms with Crippen molar-refractivity contribution in [2.75, 3.05) is 0 Å². The first kappa shape index (κ1) is 15.6. The van der Waals surface area contributed by atoms with Crippen LogP contribution >= 0.6 is 0 Å². The number of halogens is 2. The Kier molecular flexibility index (Phi) is 3.61. The molecule has 2 fully saturated rings. The maximum Gasteiger partial charge on any atom is 0.196 e. The molecule has 3 atom stereocenters. The number of Topliss-reactive ketones (excluding diaryl/α,β-unsaturated/α-hetero) is 1. The summed E-state index contributed by atoms with van der Waals surface area (Å²) in [4.78, 5) is 12.7. The highest BCUT2D eigenvalue weighted by atomic mass is 19.1. The number of carbonyl (C=O) groups excluding carboxylic acids is 1. The van der Waals surface area contributed by atoms with E-state index in [2.05, 4.69) is 0 Å². The van der Waals surface area contributed by atoms with E-state index in [9.17, 15) is 13.6 Å². The lowest BCUT2D eigenvalue weighted by Crippen LogP contribution is -2.48. The molecule has 22 heavy (non-hydrogen) atoms. The normalized spacial score (nSPS) is 33.9. The summed E-state index contributed by atoms with van der Waals surface area (Å²) >= 11 is 0. The highest BCUT2D eigenvalue weighted by Crippen LogP contribution is 2.52. The molecular formula is C17H20F2O3. The number of hydrogen-bond donors (Lipinski definition) is 0. The third kappa shape index (κ3) is 2.18. The molecule has 0 radical (unpaired) electrons. The molecule has 2 saturated heterocycles. The minimum atomic E-state index is -0.777. The van der Waals surface area contributed by atoms with Gasteiger partial charge in [0.2, 0.25) is 0 Å². The molecule has 2 aliphatic heterocycles. The zero-order chi connectivity index (χ0) is 16.1. The molecule has 5 heteroatoms. The fraction of sp³-hybridized carbons (Fsp3) is 0.588. The maximum atomic E-state index is 13.7. The molecule has 0 N–H and O–H groups in total. The molecule has 0 saturated carbocycles. The van der Waals surface area contributed by atoms with Crippen molar-refractivity contribution in [3.05, 3.63) is 35.4 Å². The van der Waals surface area contributed by atoms with Crippen molar-refractivity contribution < 1.29 is 23.0 Å². The Bertz CT molecular complexity index is 616. The summed E-state index contributed by atoms with van der Waals surface area (Å²) < 4.78 is 38.3. The van der Waals surface area contributed by atoms with Crippen molar-refractivity contribution in [1.82, 2.24) is 0 Å². The molecule has 1 aromatic rings. The van der Waals surface area contributed by atoms with Gasteiger partial charge in [-0.05, 0) is 31.7 Å². The Labute approximate surface area is 128 Å². The minimum Gasteiger partial charge on any atom is -0.362 e. The van der Waals surface area contributed by atoms with Crippen molar-refractivity contribution in [2.45, 2.75) is 57.5 Å². The lowest BCUT2D eigenvalue weighted by atomic mass is 9.74. The van der Waals surface area contributed by atoms with Gasteiger partial charge in [-0.3, -0.25) is 4.79 Å². The van der Waals surface area contributed by atoms with Gasteiger partial charge in [0.15, 0.2) is 5.78 Å². The van der Waals surface area contributed by atoms with Gasteiger partial charge >= 0.3 is 0 Å². The molecule has 3 nitrogen and oxygen atoms in total. The standard InChI is InChI=1S/C17H20F2O3/c1-10(2)17-7-6-16(3,22-17)15(14(17)20)21-9-11-4-5-12(18)8-13(11)19/h4-5,8,10,15H,6-7,9H2,1-3H3/t15-,16+,17+/m1/s1. The molecule has 0 amide bonds. The van der Waals surface area contributed by atoms with Crippen molar-refractivity contribution in [2.24, 2.45) is 5.92 Å². The molecular weight excluding hydrogens is 290 g/mol. The quantitative estimate of drug-likeness (QED) is 0.855. The molecule has 0 spiro atoms. The van der Waals surface area contributed by atoms with Gasteiger partial charge in [0.05, 0.1) is 6.61 Å². The summed E-state index contributed by atoms with van der Waals surface area (Å²) in [5.74, 6) is -1.29. The van der Waals surface area contributed by atoms with Gasteiger partial charge < -0.3 is 9.47 Å². The van der Waals surface area contributed by atoms with E-state index >= 15 is 0 Å². The second-order valence-corrected chi connectivity index (χ2v) is 6.75. The van der Waals surface area contributed by atoms with Crippen LogP contribution in [0, 0.1) is 17.6 Å². The van der Waals surface area contributed by atoms with Gasteiger partial charge in [0, 0.05) is 11.6 Å². The van der Waals surface area contributed by atoms with Gasteiger partial charge in [-0.1, -0.05) is 19.9 Å². The Morgan fingerprint density at radius 1 is 1.36 bits per heavy atom. The second kappa shape index (κ2) is 5.10. The number of rotatable bonds is 4. The van der Waals surface area contributed by atoms with Crippen LogP contribution in [0.1, 0.15) is 39.2 Å². The Balaban J connectivity index is 1.77. The van der Waals surface area contributed by atoms with E-state index < -0.39 is 28.9 Å². The first-order chi connectivity index (χ1) is 10.3. The Morgan fingerprint density at radius 2 is 2.09 bits per heavy atom. The van der Waals surface area contributed by atoms with Gasteiger partial charge in [-0.2, -0.15) is 0 Å². The zero-order valence-corrected chi connectivity index (χ0v) is 13.0. The van der Waals surface area contributed by atoms with E-state index in [0.29, 0.717) is 6.42 Å². The molecule has 2 bridgehead atoms. The van der Waals surface area contributed by atoms with Crippen molar-refractivity contribution in [1.29, 1.82) is 0 Å². The first-order valence-corrected chi connectivity index (χ1v) is 7.58. The first-order valence-electron chi connectivity index (χ1n) is 7.58. The van der Waals surface area contributed by atoms with Crippen LogP contribution in [0.15, 0.2) is 18.2 Å². The van der Waals surface area contributed by atoms with Gasteiger partial charge in [0.1, 0.15) is 28.9 Å². The summed E-state index contributed by atoms with van der Waals surface area (Å²) in [6.07, 6.45) is 0.742. The van der Waals surface area contributed by atoms with Gasteiger partial charge in [-0.15, -0.1) is 0 Å². The van der Waals surface area contributed by atoms with Crippen LogP contribution in [0.2, 0.25) is 0 Å². The summed E-state index contributed by atoms with van der Waals surface area (Å²) in [5.41, 5.74) is -1.20. The van der Waals surface area contributed by atoms with Crippen LogP contribution in [0.5, 0.6) is 0 Å². The highest BCUT2D eigenvalue weighted by molar-refractivity contribution is 5.96. The summed E-state index contributed by atoms with van der Waals surface area (Å²) in [7, 11) is 0. The second-order valence-electron chi connectivity index (χ2n) is 6.75. The number of carbonyl (C=O) groups is 1. The van der Waals surface area contributed by atoms with Crippen LogP contribution in [-0.4, -0.2) is 23.1 Å². The lowest BCUT2D eigenvalue weighted by molar-refractivity contribution is -0.139. The van der Waals surface area contributed by atoms with Crippen LogP contribution in [0.4, 0.5) is 8.78 Å². The van der Waals surface area contributed by atoms with Crippen LogP contribution in [0.3, 0.4) is 0 Å². The van der Waals surface area contributed by atoms with Crippen LogP contribution in [-0.2, 0) is 20.9 Å². The van der Waals surface area contributed by atoms with E-state index in [1.807, 2.05) is 20.8 Å². The van der Waals surface area contributed by atoms with Crippen LogP contribution < -0.4 is 0 Å². The predicted molar refractivity (Wildman–Crippen MR) is 76.2 cm³/mol. The largest absolute Gasteiger partial charge is 0.362 e. The van der Waals surface area contributed by atoms with E-state index in [4.69, 9.17) is 9.47 Å². The monoisotopic (exact) mass is 310 g/mol. The number of hydrogen-bond acceptors (Lipinski definition) is 3. The number of fused-ring (bicyclic) bond motifs is 2. The molecule has 2 aliphatic rings. The van der Waals surface area contributed by atoms with Crippen molar-refractivity contribution in [3.63, 3.8) is 0 Å². The highest BCUT2D eigenvalue weighted by Gasteiger charge is 2.67.